The summed E-state index contributed by atoms with van der Waals surface area (Å²) in [6.07, 6.45) is 4.91. The van der Waals surface area contributed by atoms with Gasteiger partial charge in [0.15, 0.2) is 5.78 Å². The van der Waals surface area contributed by atoms with Gasteiger partial charge >= 0.3 is 0 Å². The maximum atomic E-state index is 12.0. The SMILES string of the molecule is Cc1ccc(C(=O)CCCCCCOc2ccc(C3=NCC(C)O3)cc2)s1. The molecule has 1 aliphatic heterocycles. The van der Waals surface area contributed by atoms with Gasteiger partial charge in [0.25, 0.3) is 0 Å². The van der Waals surface area contributed by atoms with Gasteiger partial charge in [0.2, 0.25) is 5.90 Å². The van der Waals surface area contributed by atoms with Gasteiger partial charge in [0.1, 0.15) is 11.9 Å². The maximum absolute atomic E-state index is 12.0. The highest BCUT2D eigenvalue weighted by atomic mass is 32.1. The maximum Gasteiger partial charge on any atom is 0.216 e. The quantitative estimate of drug-likeness (QED) is 0.404. The van der Waals surface area contributed by atoms with Crippen LogP contribution in [-0.4, -0.2) is 30.9 Å². The second kappa shape index (κ2) is 9.70. The van der Waals surface area contributed by atoms with Crippen LogP contribution < -0.4 is 4.74 Å². The number of benzene rings is 1. The highest BCUT2D eigenvalue weighted by molar-refractivity contribution is 7.14. The minimum absolute atomic E-state index is 0.167. The molecule has 1 aliphatic rings. The smallest absolute Gasteiger partial charge is 0.216 e. The Morgan fingerprint density at radius 1 is 1.15 bits per heavy atom. The second-order valence-corrected chi connectivity index (χ2v) is 8.23. The van der Waals surface area contributed by atoms with E-state index in [1.165, 1.54) is 4.88 Å². The van der Waals surface area contributed by atoms with Crippen LogP contribution in [0.5, 0.6) is 5.75 Å². The van der Waals surface area contributed by atoms with E-state index in [4.69, 9.17) is 9.47 Å². The lowest BCUT2D eigenvalue weighted by Gasteiger charge is -2.08. The number of ketones is 1. The molecule has 5 heteroatoms. The number of Topliss-reactive ketones (excluding diaryl/α,β-unsaturated/α-hetero) is 1. The van der Waals surface area contributed by atoms with Crippen LogP contribution in [0.1, 0.15) is 59.1 Å². The number of ether oxygens (including phenoxy) is 2. The van der Waals surface area contributed by atoms with Gasteiger partial charge < -0.3 is 9.47 Å². The lowest BCUT2D eigenvalue weighted by Crippen LogP contribution is -2.08. The largest absolute Gasteiger partial charge is 0.494 e. The highest BCUT2D eigenvalue weighted by Gasteiger charge is 2.16. The molecule has 0 saturated carbocycles. The van der Waals surface area contributed by atoms with E-state index in [0.29, 0.717) is 13.0 Å². The molecule has 1 aromatic carbocycles. The summed E-state index contributed by atoms with van der Waals surface area (Å²) in [6, 6.07) is 11.9. The standard InChI is InChI=1S/C22H27NO3S/c1-16-15-23-22(26-16)18-9-11-19(12-10-18)25-14-6-4-3-5-7-20(24)21-13-8-17(2)27-21/h8-13,16H,3-7,14-15H2,1-2H3. The number of carbonyl (C=O) groups excluding carboxylic acids is 1. The Bertz CT molecular complexity index is 779. The number of hydrogen-bond donors (Lipinski definition) is 0. The van der Waals surface area contributed by atoms with Gasteiger partial charge in [0, 0.05) is 16.9 Å². The van der Waals surface area contributed by atoms with Gasteiger partial charge in [-0.3, -0.25) is 4.79 Å². The molecule has 0 saturated heterocycles. The van der Waals surface area contributed by atoms with Crippen molar-refractivity contribution in [3.63, 3.8) is 0 Å². The lowest BCUT2D eigenvalue weighted by atomic mass is 10.1. The molecule has 1 unspecified atom stereocenters. The minimum Gasteiger partial charge on any atom is -0.494 e. The van der Waals surface area contributed by atoms with Crippen LogP contribution in [0.15, 0.2) is 41.4 Å². The van der Waals surface area contributed by atoms with Crippen molar-refractivity contribution in [2.24, 2.45) is 4.99 Å². The molecule has 0 bridgehead atoms. The van der Waals surface area contributed by atoms with Gasteiger partial charge in [0.05, 0.1) is 18.0 Å². The summed E-state index contributed by atoms with van der Waals surface area (Å²) >= 11 is 1.59. The minimum atomic E-state index is 0.167. The Morgan fingerprint density at radius 2 is 1.93 bits per heavy atom. The number of aryl methyl sites for hydroxylation is 1. The number of aliphatic imine (C=N–C) groups is 1. The van der Waals surface area contributed by atoms with E-state index in [0.717, 1.165) is 54.3 Å². The van der Waals surface area contributed by atoms with Gasteiger partial charge in [-0.05, 0) is 63.1 Å². The molecule has 1 aromatic heterocycles. The highest BCUT2D eigenvalue weighted by Crippen LogP contribution is 2.19. The third-order valence-electron chi connectivity index (χ3n) is 4.49. The van der Waals surface area contributed by atoms with E-state index in [1.807, 2.05) is 50.2 Å². The predicted octanol–water partition coefficient (Wildman–Crippen LogP) is 5.43. The normalized spacial score (nSPS) is 16.1. The third kappa shape index (κ3) is 5.93. The number of nitrogens with zero attached hydrogens (tertiary/aromatic N) is 1. The fourth-order valence-electron chi connectivity index (χ4n) is 2.97. The van der Waals surface area contributed by atoms with Crippen molar-refractivity contribution < 1.29 is 14.3 Å². The van der Waals surface area contributed by atoms with E-state index in [-0.39, 0.29) is 11.9 Å². The summed E-state index contributed by atoms with van der Waals surface area (Å²) in [4.78, 5) is 18.5. The number of rotatable bonds is 10. The molecule has 0 fully saturated rings. The van der Waals surface area contributed by atoms with Crippen LogP contribution in [0.2, 0.25) is 0 Å². The van der Waals surface area contributed by atoms with E-state index >= 15 is 0 Å². The van der Waals surface area contributed by atoms with Crippen LogP contribution in [0.4, 0.5) is 0 Å². The van der Waals surface area contributed by atoms with Crippen molar-refractivity contribution in [1.82, 2.24) is 0 Å². The van der Waals surface area contributed by atoms with Gasteiger partial charge in [-0.25, -0.2) is 4.99 Å². The summed E-state index contributed by atoms with van der Waals surface area (Å²) in [7, 11) is 0. The Hall–Kier alpha value is -2.14. The molecule has 4 nitrogen and oxygen atoms in total. The van der Waals surface area contributed by atoms with Crippen molar-refractivity contribution in [2.75, 3.05) is 13.2 Å². The Balaban J connectivity index is 1.27. The fraction of sp³-hybridized carbons (Fsp3) is 0.455. The molecule has 1 atom stereocenters. The summed E-state index contributed by atoms with van der Waals surface area (Å²) in [5.74, 6) is 1.87. The Kier molecular flexibility index (Phi) is 7.04. The molecule has 0 radical (unpaired) electrons. The predicted molar refractivity (Wildman–Crippen MR) is 110 cm³/mol. The summed E-state index contributed by atoms with van der Waals surface area (Å²) < 4.78 is 11.5. The monoisotopic (exact) mass is 385 g/mol. The van der Waals surface area contributed by atoms with Gasteiger partial charge in [-0.2, -0.15) is 0 Å². The first kappa shape index (κ1) is 19.6. The number of carbonyl (C=O) groups is 1. The van der Waals surface area contributed by atoms with E-state index in [2.05, 4.69) is 4.99 Å². The Morgan fingerprint density at radius 3 is 2.59 bits per heavy atom. The van der Waals surface area contributed by atoms with Crippen molar-refractivity contribution in [2.45, 2.75) is 52.1 Å². The zero-order chi connectivity index (χ0) is 19.1. The molecule has 0 spiro atoms. The van der Waals surface area contributed by atoms with Crippen molar-refractivity contribution in [1.29, 1.82) is 0 Å². The van der Waals surface area contributed by atoms with Gasteiger partial charge in [-0.1, -0.05) is 12.8 Å². The molecule has 2 heterocycles. The lowest BCUT2D eigenvalue weighted by molar-refractivity contribution is 0.0983. The fourth-order valence-corrected chi connectivity index (χ4v) is 3.80. The molecule has 27 heavy (non-hydrogen) atoms. The first-order valence-electron chi connectivity index (χ1n) is 9.66. The molecule has 0 amide bonds. The Labute approximate surface area is 165 Å². The molecule has 0 N–H and O–H groups in total. The number of thiophene rings is 1. The zero-order valence-electron chi connectivity index (χ0n) is 16.1. The summed E-state index contributed by atoms with van der Waals surface area (Å²) in [5, 5.41) is 0. The molecular formula is C22H27NO3S. The summed E-state index contributed by atoms with van der Waals surface area (Å²) in [6.45, 7) is 5.48. The molecule has 3 rings (SSSR count). The van der Waals surface area contributed by atoms with Crippen LogP contribution in [0.3, 0.4) is 0 Å². The van der Waals surface area contributed by atoms with Crippen LogP contribution in [0.25, 0.3) is 0 Å². The topological polar surface area (TPSA) is 47.9 Å². The van der Waals surface area contributed by atoms with E-state index < -0.39 is 0 Å². The van der Waals surface area contributed by atoms with Crippen LogP contribution in [-0.2, 0) is 4.74 Å². The third-order valence-corrected chi connectivity index (χ3v) is 5.53. The summed E-state index contributed by atoms with van der Waals surface area (Å²) in [5.41, 5.74) is 0.998. The van der Waals surface area contributed by atoms with Crippen molar-refractivity contribution >= 4 is 23.0 Å². The molecule has 0 aliphatic carbocycles. The number of unbranched alkanes of at least 4 members (excludes halogenated alkanes) is 3. The molecule has 2 aromatic rings. The average Bonchev–Trinajstić information content (AvgIpc) is 3.30. The van der Waals surface area contributed by atoms with Crippen LogP contribution >= 0.6 is 11.3 Å². The van der Waals surface area contributed by atoms with Crippen LogP contribution in [0, 0.1) is 6.92 Å². The first-order valence-corrected chi connectivity index (χ1v) is 10.5. The number of hydrogen-bond acceptors (Lipinski definition) is 5. The molecule has 144 valence electrons. The van der Waals surface area contributed by atoms with Gasteiger partial charge in [-0.15, -0.1) is 11.3 Å². The second-order valence-electron chi connectivity index (χ2n) is 6.94. The van der Waals surface area contributed by atoms with Crippen molar-refractivity contribution in [3.05, 3.63) is 51.7 Å². The molecular weight excluding hydrogens is 358 g/mol. The van der Waals surface area contributed by atoms with Crippen molar-refractivity contribution in [3.8, 4) is 5.75 Å². The van der Waals surface area contributed by atoms with E-state index in [9.17, 15) is 4.79 Å². The average molecular weight is 386 g/mol. The van der Waals surface area contributed by atoms with E-state index in [1.54, 1.807) is 11.3 Å². The zero-order valence-corrected chi connectivity index (χ0v) is 16.9. The first-order chi connectivity index (χ1) is 13.1.